The van der Waals surface area contributed by atoms with Gasteiger partial charge in [0.2, 0.25) is 17.6 Å². The van der Waals surface area contributed by atoms with Gasteiger partial charge in [-0.1, -0.05) is 25.9 Å². The van der Waals surface area contributed by atoms with Crippen LogP contribution in [0.25, 0.3) is 11.5 Å². The van der Waals surface area contributed by atoms with Gasteiger partial charge in [0, 0.05) is 18.5 Å². The van der Waals surface area contributed by atoms with Crippen LogP contribution >= 0.6 is 0 Å². The first-order valence-corrected chi connectivity index (χ1v) is 6.80. The van der Waals surface area contributed by atoms with Gasteiger partial charge in [-0.3, -0.25) is 0 Å². The third-order valence-corrected chi connectivity index (χ3v) is 3.32. The highest BCUT2D eigenvalue weighted by atomic mass is 16.5. The Balaban J connectivity index is 2.17. The van der Waals surface area contributed by atoms with Crippen LogP contribution in [0.2, 0.25) is 0 Å². The minimum absolute atomic E-state index is 0.0987. The van der Waals surface area contributed by atoms with Crippen molar-refractivity contribution in [2.24, 2.45) is 5.41 Å². The average molecular weight is 291 g/mol. The van der Waals surface area contributed by atoms with E-state index in [2.05, 4.69) is 46.2 Å². The van der Waals surface area contributed by atoms with E-state index in [9.17, 15) is 0 Å². The molecule has 0 saturated heterocycles. The third kappa shape index (κ3) is 3.75. The molecule has 2 rings (SSSR count). The second-order valence-electron chi connectivity index (χ2n) is 5.87. The minimum Gasteiger partial charge on any atom is -0.481 e. The molecule has 0 fully saturated rings. The summed E-state index contributed by atoms with van der Waals surface area (Å²) in [4.78, 5) is 12.5. The summed E-state index contributed by atoms with van der Waals surface area (Å²) < 4.78 is 10.4. The number of methoxy groups -OCH3 is 1. The lowest BCUT2D eigenvalue weighted by Gasteiger charge is -2.29. The van der Waals surface area contributed by atoms with Crippen LogP contribution in [0.1, 0.15) is 26.7 Å². The van der Waals surface area contributed by atoms with Gasteiger partial charge < -0.3 is 14.6 Å². The molecule has 2 aromatic rings. The third-order valence-electron chi connectivity index (χ3n) is 3.32. The van der Waals surface area contributed by atoms with Gasteiger partial charge >= 0.3 is 0 Å². The van der Waals surface area contributed by atoms with Crippen molar-refractivity contribution in [3.05, 3.63) is 18.3 Å². The van der Waals surface area contributed by atoms with Crippen LogP contribution in [0.4, 0.5) is 0 Å². The number of likely N-dealkylation sites (N-methyl/N-ethyl adjacent to an activating group) is 1. The fraction of sp³-hybridized carbons (Fsp3) is 0.571. The zero-order valence-electron chi connectivity index (χ0n) is 13.0. The van der Waals surface area contributed by atoms with E-state index in [0.717, 1.165) is 0 Å². The first-order chi connectivity index (χ1) is 9.94. The molecule has 0 aliphatic carbocycles. The van der Waals surface area contributed by atoms with Crippen molar-refractivity contribution in [2.45, 2.75) is 33.2 Å². The van der Waals surface area contributed by atoms with E-state index in [1.54, 1.807) is 13.2 Å². The molecule has 1 N–H and O–H groups in total. The first kappa shape index (κ1) is 15.4. The number of rotatable bonds is 5. The van der Waals surface area contributed by atoms with Crippen LogP contribution < -0.4 is 10.1 Å². The van der Waals surface area contributed by atoms with Crippen molar-refractivity contribution in [1.82, 2.24) is 25.4 Å². The van der Waals surface area contributed by atoms with E-state index in [-0.39, 0.29) is 11.5 Å². The predicted octanol–water partition coefficient (Wildman–Crippen LogP) is 1.71. The fourth-order valence-corrected chi connectivity index (χ4v) is 2.03. The van der Waals surface area contributed by atoms with E-state index in [1.165, 1.54) is 6.33 Å². The van der Waals surface area contributed by atoms with Crippen LogP contribution in [-0.4, -0.2) is 40.3 Å². The number of aromatic nitrogens is 4. The van der Waals surface area contributed by atoms with Gasteiger partial charge in [0.15, 0.2) is 0 Å². The van der Waals surface area contributed by atoms with Gasteiger partial charge in [-0.25, -0.2) is 9.97 Å². The number of hydrogen-bond donors (Lipinski definition) is 1. The van der Waals surface area contributed by atoms with Gasteiger partial charge in [-0.05, 0) is 12.5 Å². The number of hydrogen-bond acceptors (Lipinski definition) is 7. The van der Waals surface area contributed by atoms with Crippen molar-refractivity contribution < 1.29 is 9.26 Å². The van der Waals surface area contributed by atoms with Crippen LogP contribution in [0.5, 0.6) is 5.88 Å². The van der Waals surface area contributed by atoms with Crippen molar-refractivity contribution in [3.8, 4) is 17.4 Å². The number of ether oxygens (including phenoxy) is 1. The molecule has 0 saturated carbocycles. The maximum Gasteiger partial charge on any atom is 0.228 e. The van der Waals surface area contributed by atoms with E-state index in [0.29, 0.717) is 29.7 Å². The molecule has 2 aromatic heterocycles. The van der Waals surface area contributed by atoms with Crippen molar-refractivity contribution >= 4 is 0 Å². The molecule has 0 radical (unpaired) electrons. The van der Waals surface area contributed by atoms with Crippen LogP contribution in [-0.2, 0) is 6.42 Å². The maximum atomic E-state index is 5.32. The molecular formula is C14H21N5O2. The summed E-state index contributed by atoms with van der Waals surface area (Å²) in [5.74, 6) is 1.49. The normalized spacial score (nSPS) is 13.2. The van der Waals surface area contributed by atoms with E-state index in [4.69, 9.17) is 9.26 Å². The van der Waals surface area contributed by atoms with Gasteiger partial charge in [-0.2, -0.15) is 4.98 Å². The highest BCUT2D eigenvalue weighted by molar-refractivity contribution is 5.49. The summed E-state index contributed by atoms with van der Waals surface area (Å²) in [7, 11) is 3.48. The monoisotopic (exact) mass is 291 g/mol. The van der Waals surface area contributed by atoms with Crippen LogP contribution in [0.15, 0.2) is 16.9 Å². The van der Waals surface area contributed by atoms with E-state index < -0.39 is 0 Å². The summed E-state index contributed by atoms with van der Waals surface area (Å²) in [5, 5.41) is 7.26. The zero-order chi connectivity index (χ0) is 15.5. The highest BCUT2D eigenvalue weighted by Gasteiger charge is 2.25. The van der Waals surface area contributed by atoms with Gasteiger partial charge in [0.05, 0.1) is 7.11 Å². The van der Waals surface area contributed by atoms with Crippen molar-refractivity contribution in [3.63, 3.8) is 0 Å². The fourth-order valence-electron chi connectivity index (χ4n) is 2.03. The maximum absolute atomic E-state index is 5.32. The molecule has 1 atom stereocenters. The Kier molecular flexibility index (Phi) is 4.52. The lowest BCUT2D eigenvalue weighted by molar-refractivity contribution is 0.255. The second kappa shape index (κ2) is 6.17. The molecule has 7 heteroatoms. The standard InChI is InChI=1S/C14H21N5O2/c1-14(2,3)10(15-4)7-12-18-13(19-21-12)9-6-11(20-5)17-8-16-9/h6,8,10,15H,7H2,1-5H3. The zero-order valence-corrected chi connectivity index (χ0v) is 13.0. The SMILES string of the molecule is CNC(Cc1nc(-c2cc(OC)ncn2)no1)C(C)(C)C. The quantitative estimate of drug-likeness (QED) is 0.897. The first-order valence-electron chi connectivity index (χ1n) is 6.80. The minimum atomic E-state index is 0.0987. The van der Waals surface area contributed by atoms with E-state index in [1.807, 2.05) is 7.05 Å². The molecule has 0 aliphatic heterocycles. The molecule has 0 bridgehead atoms. The summed E-state index contributed by atoms with van der Waals surface area (Å²) >= 11 is 0. The molecule has 1 unspecified atom stereocenters. The summed E-state index contributed by atoms with van der Waals surface area (Å²) in [6.07, 6.45) is 2.07. The Morgan fingerprint density at radius 1 is 1.33 bits per heavy atom. The van der Waals surface area contributed by atoms with Crippen LogP contribution in [0, 0.1) is 5.41 Å². The number of nitrogens with one attached hydrogen (secondary N) is 1. The second-order valence-corrected chi connectivity index (χ2v) is 5.87. The topological polar surface area (TPSA) is 86.0 Å². The summed E-state index contributed by atoms with van der Waals surface area (Å²) in [6, 6.07) is 1.92. The molecular weight excluding hydrogens is 270 g/mol. The molecule has 7 nitrogen and oxygen atoms in total. The Hall–Kier alpha value is -2.02. The number of nitrogens with zero attached hydrogens (tertiary/aromatic N) is 4. The molecule has 0 amide bonds. The Morgan fingerprint density at radius 3 is 2.71 bits per heavy atom. The molecule has 0 aromatic carbocycles. The molecule has 114 valence electrons. The predicted molar refractivity (Wildman–Crippen MR) is 77.9 cm³/mol. The largest absolute Gasteiger partial charge is 0.481 e. The average Bonchev–Trinajstić information content (AvgIpc) is 2.92. The summed E-state index contributed by atoms with van der Waals surface area (Å²) in [5.41, 5.74) is 0.676. The molecule has 21 heavy (non-hydrogen) atoms. The lowest BCUT2D eigenvalue weighted by atomic mass is 9.85. The summed E-state index contributed by atoms with van der Waals surface area (Å²) in [6.45, 7) is 6.50. The molecule has 0 spiro atoms. The molecule has 2 heterocycles. The highest BCUT2D eigenvalue weighted by Crippen LogP contribution is 2.23. The van der Waals surface area contributed by atoms with Crippen LogP contribution in [0.3, 0.4) is 0 Å². The van der Waals surface area contributed by atoms with E-state index >= 15 is 0 Å². The Labute approximate surface area is 124 Å². The Morgan fingerprint density at radius 2 is 2.10 bits per heavy atom. The van der Waals surface area contributed by atoms with Crippen molar-refractivity contribution in [1.29, 1.82) is 0 Å². The Bertz CT molecular complexity index is 591. The lowest BCUT2D eigenvalue weighted by Crippen LogP contribution is -2.39. The van der Waals surface area contributed by atoms with Gasteiger partial charge in [0.1, 0.15) is 12.0 Å². The van der Waals surface area contributed by atoms with Gasteiger partial charge in [-0.15, -0.1) is 0 Å². The van der Waals surface area contributed by atoms with Crippen molar-refractivity contribution in [2.75, 3.05) is 14.2 Å². The molecule has 0 aliphatic rings. The smallest absolute Gasteiger partial charge is 0.228 e. The van der Waals surface area contributed by atoms with Gasteiger partial charge in [0.25, 0.3) is 0 Å².